The number of hydrogen-bond donors (Lipinski definition) is 1. The van der Waals surface area contributed by atoms with Crippen molar-refractivity contribution in [1.82, 2.24) is 0 Å². The maximum absolute atomic E-state index is 13.8. The number of rotatable bonds is 10. The number of amides is 1. The van der Waals surface area contributed by atoms with Gasteiger partial charge in [-0.15, -0.1) is 0 Å². The third kappa shape index (κ3) is 6.90. The number of hydrogen-bond acceptors (Lipinski definition) is 6. The number of anilines is 2. The van der Waals surface area contributed by atoms with Crippen molar-refractivity contribution >= 4 is 27.3 Å². The summed E-state index contributed by atoms with van der Waals surface area (Å²) in [5, 5.41) is 2.60. The lowest BCUT2D eigenvalue weighted by molar-refractivity contribution is -0.137. The van der Waals surface area contributed by atoms with E-state index in [1.807, 2.05) is 6.07 Å². The number of alkyl halides is 3. The summed E-state index contributed by atoms with van der Waals surface area (Å²) in [5.74, 6) is 0.269. The van der Waals surface area contributed by atoms with Crippen LogP contribution >= 0.6 is 0 Å². The molecule has 0 aromatic heterocycles. The standard InChI is InChI=1S/C29H25F3N2O6S/c1-38-26-16-15-23(18-27(26)39-2)41(36,37)34(21-10-8-9-20(17-21)29(30,31)32)19-28(35)33-24-13-6-7-14-25(24)40-22-11-4-3-5-12-22/h3-18H,19H2,1-2H3,(H,33,35). The topological polar surface area (TPSA) is 94.2 Å². The zero-order valence-electron chi connectivity index (χ0n) is 21.9. The van der Waals surface area contributed by atoms with Crippen molar-refractivity contribution in [2.24, 2.45) is 0 Å². The minimum atomic E-state index is -4.75. The molecule has 41 heavy (non-hydrogen) atoms. The van der Waals surface area contributed by atoms with E-state index in [2.05, 4.69) is 5.32 Å². The van der Waals surface area contributed by atoms with E-state index in [1.165, 1.54) is 32.4 Å². The summed E-state index contributed by atoms with van der Waals surface area (Å²) in [5.41, 5.74) is -1.21. The molecule has 0 aliphatic carbocycles. The Hall–Kier alpha value is -4.71. The van der Waals surface area contributed by atoms with Gasteiger partial charge < -0.3 is 19.5 Å². The van der Waals surface area contributed by atoms with Gasteiger partial charge in [0.05, 0.1) is 36.1 Å². The first-order valence-corrected chi connectivity index (χ1v) is 13.5. The molecule has 0 atom stereocenters. The van der Waals surface area contributed by atoms with Crippen LogP contribution in [0.3, 0.4) is 0 Å². The molecule has 0 bridgehead atoms. The number of sulfonamides is 1. The first-order valence-electron chi connectivity index (χ1n) is 12.1. The SMILES string of the molecule is COc1ccc(S(=O)(=O)N(CC(=O)Nc2ccccc2Oc2ccccc2)c2cccc(C(F)(F)F)c2)cc1OC. The van der Waals surface area contributed by atoms with E-state index in [1.54, 1.807) is 48.5 Å². The van der Waals surface area contributed by atoms with Crippen LogP contribution in [0.2, 0.25) is 0 Å². The minimum absolute atomic E-state index is 0.0778. The highest BCUT2D eigenvalue weighted by Crippen LogP contribution is 2.36. The van der Waals surface area contributed by atoms with Crippen molar-refractivity contribution in [1.29, 1.82) is 0 Å². The molecule has 12 heteroatoms. The Bertz CT molecular complexity index is 1630. The second-order valence-corrected chi connectivity index (χ2v) is 10.4. The van der Waals surface area contributed by atoms with E-state index in [-0.39, 0.29) is 33.5 Å². The molecule has 4 rings (SSSR count). The van der Waals surface area contributed by atoms with Crippen molar-refractivity contribution in [3.05, 3.63) is 103 Å². The van der Waals surface area contributed by atoms with Crippen LogP contribution in [0.4, 0.5) is 24.5 Å². The molecule has 4 aromatic carbocycles. The highest BCUT2D eigenvalue weighted by atomic mass is 32.2. The molecule has 0 unspecified atom stereocenters. The summed E-state index contributed by atoms with van der Waals surface area (Å²) in [6, 6.07) is 22.7. The molecular weight excluding hydrogens is 561 g/mol. The zero-order valence-corrected chi connectivity index (χ0v) is 22.7. The quantitative estimate of drug-likeness (QED) is 0.233. The lowest BCUT2D eigenvalue weighted by atomic mass is 10.2. The number of methoxy groups -OCH3 is 2. The van der Waals surface area contributed by atoms with Crippen molar-refractivity contribution in [2.45, 2.75) is 11.1 Å². The summed E-state index contributed by atoms with van der Waals surface area (Å²) in [7, 11) is -1.91. The Morgan fingerprint density at radius 1 is 0.805 bits per heavy atom. The van der Waals surface area contributed by atoms with Gasteiger partial charge in [0.2, 0.25) is 5.91 Å². The van der Waals surface area contributed by atoms with Crippen molar-refractivity contribution in [2.75, 3.05) is 30.4 Å². The van der Waals surface area contributed by atoms with Gasteiger partial charge in [-0.05, 0) is 54.6 Å². The van der Waals surface area contributed by atoms with Crippen LogP contribution in [0.15, 0.2) is 102 Å². The molecule has 0 aliphatic rings. The normalized spacial score (nSPS) is 11.4. The molecule has 1 N–H and O–H groups in total. The van der Waals surface area contributed by atoms with Gasteiger partial charge in [-0.1, -0.05) is 36.4 Å². The molecule has 1 amide bonds. The van der Waals surface area contributed by atoms with Gasteiger partial charge in [-0.25, -0.2) is 8.42 Å². The molecule has 0 heterocycles. The van der Waals surface area contributed by atoms with Gasteiger partial charge in [-0.3, -0.25) is 9.10 Å². The Morgan fingerprint density at radius 3 is 2.17 bits per heavy atom. The van der Waals surface area contributed by atoms with Crippen molar-refractivity contribution in [3.8, 4) is 23.0 Å². The van der Waals surface area contributed by atoms with Gasteiger partial charge in [0.25, 0.3) is 10.0 Å². The summed E-state index contributed by atoms with van der Waals surface area (Å²) in [6.45, 7) is -0.850. The van der Waals surface area contributed by atoms with Crippen LogP contribution in [0.1, 0.15) is 5.56 Å². The van der Waals surface area contributed by atoms with Gasteiger partial charge in [0, 0.05) is 6.07 Å². The Balaban J connectivity index is 1.71. The average Bonchev–Trinajstić information content (AvgIpc) is 2.96. The first-order chi connectivity index (χ1) is 19.5. The molecule has 0 radical (unpaired) electrons. The van der Waals surface area contributed by atoms with Crippen LogP contribution in [0, 0.1) is 0 Å². The second kappa shape index (κ2) is 12.2. The predicted molar refractivity (Wildman–Crippen MR) is 147 cm³/mol. The van der Waals surface area contributed by atoms with E-state index in [9.17, 15) is 26.4 Å². The van der Waals surface area contributed by atoms with Gasteiger partial charge in [0.15, 0.2) is 17.2 Å². The molecule has 0 saturated carbocycles. The Kier molecular flexibility index (Phi) is 8.72. The number of ether oxygens (including phenoxy) is 3. The van der Waals surface area contributed by atoms with Crippen LogP contribution in [-0.4, -0.2) is 35.1 Å². The Labute approximate surface area is 234 Å². The monoisotopic (exact) mass is 586 g/mol. The van der Waals surface area contributed by atoms with Crippen LogP contribution in [0.5, 0.6) is 23.0 Å². The summed E-state index contributed by atoms with van der Waals surface area (Å²) in [4.78, 5) is 12.9. The molecule has 0 aliphatic heterocycles. The molecule has 0 spiro atoms. The second-order valence-electron chi connectivity index (χ2n) is 8.54. The lowest BCUT2D eigenvalue weighted by Gasteiger charge is -2.25. The van der Waals surface area contributed by atoms with Gasteiger partial charge >= 0.3 is 6.18 Å². The smallest absolute Gasteiger partial charge is 0.416 e. The summed E-state index contributed by atoms with van der Waals surface area (Å²) >= 11 is 0. The average molecular weight is 587 g/mol. The Morgan fingerprint density at radius 2 is 1.49 bits per heavy atom. The fourth-order valence-electron chi connectivity index (χ4n) is 3.85. The summed E-state index contributed by atoms with van der Waals surface area (Å²) in [6.07, 6.45) is -4.75. The van der Waals surface area contributed by atoms with E-state index in [0.717, 1.165) is 18.2 Å². The van der Waals surface area contributed by atoms with Crippen molar-refractivity contribution < 1.29 is 40.6 Å². The minimum Gasteiger partial charge on any atom is -0.493 e. The maximum atomic E-state index is 13.8. The third-order valence-electron chi connectivity index (χ3n) is 5.82. The molecule has 4 aromatic rings. The van der Waals surface area contributed by atoms with E-state index in [0.29, 0.717) is 16.1 Å². The molecule has 8 nitrogen and oxygen atoms in total. The fraction of sp³-hybridized carbons (Fsp3) is 0.138. The third-order valence-corrected chi connectivity index (χ3v) is 7.59. The van der Waals surface area contributed by atoms with E-state index in [4.69, 9.17) is 14.2 Å². The number of carbonyl (C=O) groups is 1. The number of nitrogens with zero attached hydrogens (tertiary/aromatic N) is 1. The van der Waals surface area contributed by atoms with E-state index < -0.39 is 34.2 Å². The molecule has 214 valence electrons. The maximum Gasteiger partial charge on any atom is 0.416 e. The first kappa shape index (κ1) is 29.3. The van der Waals surface area contributed by atoms with E-state index >= 15 is 0 Å². The fourth-order valence-corrected chi connectivity index (χ4v) is 5.28. The number of para-hydroxylation sites is 3. The molecular formula is C29H25F3N2O6S. The molecule has 0 fully saturated rings. The molecule has 0 saturated heterocycles. The highest BCUT2D eigenvalue weighted by molar-refractivity contribution is 7.92. The van der Waals surface area contributed by atoms with Crippen LogP contribution in [0.25, 0.3) is 0 Å². The van der Waals surface area contributed by atoms with Crippen LogP contribution in [-0.2, 0) is 21.0 Å². The number of halogens is 3. The number of carbonyl (C=O) groups excluding carboxylic acids is 1. The highest BCUT2D eigenvalue weighted by Gasteiger charge is 2.33. The van der Waals surface area contributed by atoms with Gasteiger partial charge in [0.1, 0.15) is 12.3 Å². The zero-order chi connectivity index (χ0) is 29.6. The van der Waals surface area contributed by atoms with Crippen molar-refractivity contribution in [3.63, 3.8) is 0 Å². The number of nitrogens with one attached hydrogen (secondary N) is 1. The lowest BCUT2D eigenvalue weighted by Crippen LogP contribution is -2.38. The van der Waals surface area contributed by atoms with Crippen LogP contribution < -0.4 is 23.8 Å². The number of benzene rings is 4. The largest absolute Gasteiger partial charge is 0.493 e. The summed E-state index contributed by atoms with van der Waals surface area (Å²) < 4.78 is 84.9. The van der Waals surface area contributed by atoms with Gasteiger partial charge in [-0.2, -0.15) is 13.2 Å². The predicted octanol–water partition coefficient (Wildman–Crippen LogP) is 6.35.